The summed E-state index contributed by atoms with van der Waals surface area (Å²) >= 11 is 0.700. The number of anilines is 1. The molecule has 0 unspecified atom stereocenters. The normalized spacial score (nSPS) is 11.5. The molecule has 2 rings (SSSR count). The summed E-state index contributed by atoms with van der Waals surface area (Å²) in [6.45, 7) is 1.74. The molecular formula is C10H11N3O4S2. The van der Waals surface area contributed by atoms with Gasteiger partial charge in [0.2, 0.25) is 0 Å². The van der Waals surface area contributed by atoms with Crippen LogP contribution in [0.5, 0.6) is 0 Å². The Kier molecular flexibility index (Phi) is 3.33. The summed E-state index contributed by atoms with van der Waals surface area (Å²) in [5.41, 5.74) is 0.678. The molecule has 0 radical (unpaired) electrons. The summed E-state index contributed by atoms with van der Waals surface area (Å²) in [5, 5.41) is 12.8. The number of nitrogens with one attached hydrogen (secondary N) is 1. The van der Waals surface area contributed by atoms with E-state index < -0.39 is 16.0 Å². The van der Waals surface area contributed by atoms with Gasteiger partial charge in [-0.2, -0.15) is 5.10 Å². The number of carboxylic acids is 1. The number of sulfonamides is 1. The molecule has 0 spiro atoms. The molecule has 2 heterocycles. The highest BCUT2D eigenvalue weighted by atomic mass is 32.2. The van der Waals surface area contributed by atoms with Crippen LogP contribution in [0.1, 0.15) is 15.4 Å². The fraction of sp³-hybridized carbons (Fsp3) is 0.200. The van der Waals surface area contributed by atoms with Crippen molar-refractivity contribution in [1.82, 2.24) is 9.78 Å². The Labute approximate surface area is 113 Å². The lowest BCUT2D eigenvalue weighted by Gasteiger charge is -2.05. The molecule has 102 valence electrons. The molecule has 0 aromatic carbocycles. The molecule has 0 aliphatic heterocycles. The van der Waals surface area contributed by atoms with E-state index in [1.807, 2.05) is 0 Å². The standard InChI is InChI=1S/C10H11N3O4S2/c1-6-5-8(13(2)11-6)12-19(16,17)9-4-3-7(18-9)10(14)15/h3-5,12H,1-2H3,(H,14,15). The Bertz CT molecular complexity index is 730. The van der Waals surface area contributed by atoms with E-state index in [1.54, 1.807) is 20.0 Å². The summed E-state index contributed by atoms with van der Waals surface area (Å²) in [4.78, 5) is 10.7. The fourth-order valence-electron chi connectivity index (χ4n) is 1.47. The quantitative estimate of drug-likeness (QED) is 0.886. The fourth-order valence-corrected chi connectivity index (χ4v) is 3.70. The Morgan fingerprint density at radius 2 is 2.16 bits per heavy atom. The number of hydrogen-bond acceptors (Lipinski definition) is 5. The van der Waals surface area contributed by atoms with Gasteiger partial charge in [-0.05, 0) is 19.1 Å². The van der Waals surface area contributed by atoms with Crippen LogP contribution >= 0.6 is 11.3 Å². The number of aromatic nitrogens is 2. The van der Waals surface area contributed by atoms with Crippen molar-refractivity contribution in [1.29, 1.82) is 0 Å². The number of rotatable bonds is 4. The van der Waals surface area contributed by atoms with Gasteiger partial charge in [0.15, 0.2) is 0 Å². The van der Waals surface area contributed by atoms with Crippen LogP contribution in [0.25, 0.3) is 0 Å². The van der Waals surface area contributed by atoms with Crippen molar-refractivity contribution in [3.63, 3.8) is 0 Å². The molecule has 0 aliphatic carbocycles. The maximum Gasteiger partial charge on any atom is 0.345 e. The van der Waals surface area contributed by atoms with E-state index in [9.17, 15) is 13.2 Å². The number of carbonyl (C=O) groups is 1. The topological polar surface area (TPSA) is 101 Å². The Balaban J connectivity index is 2.32. The molecule has 9 heteroatoms. The van der Waals surface area contributed by atoms with Crippen LogP contribution in [0.2, 0.25) is 0 Å². The molecular weight excluding hydrogens is 290 g/mol. The predicted octanol–water partition coefficient (Wildman–Crippen LogP) is 1.29. The number of thiophene rings is 1. The summed E-state index contributed by atoms with van der Waals surface area (Å²) < 4.78 is 27.8. The Morgan fingerprint density at radius 3 is 2.63 bits per heavy atom. The number of nitrogens with zero attached hydrogens (tertiary/aromatic N) is 2. The van der Waals surface area contributed by atoms with E-state index >= 15 is 0 Å². The third-order valence-electron chi connectivity index (χ3n) is 2.30. The molecule has 0 saturated heterocycles. The van der Waals surface area contributed by atoms with E-state index in [-0.39, 0.29) is 9.09 Å². The van der Waals surface area contributed by atoms with Crippen LogP contribution in [-0.4, -0.2) is 29.3 Å². The number of aromatic carboxylic acids is 1. The van der Waals surface area contributed by atoms with Gasteiger partial charge in [0.05, 0.1) is 5.69 Å². The minimum atomic E-state index is -3.79. The molecule has 19 heavy (non-hydrogen) atoms. The first-order chi connectivity index (χ1) is 8.79. The highest BCUT2D eigenvalue weighted by Crippen LogP contribution is 2.24. The highest BCUT2D eigenvalue weighted by Gasteiger charge is 2.20. The summed E-state index contributed by atoms with van der Waals surface area (Å²) in [5.74, 6) is -0.828. The van der Waals surface area contributed by atoms with Gasteiger partial charge in [-0.3, -0.25) is 9.40 Å². The number of hydrogen-bond donors (Lipinski definition) is 2. The lowest BCUT2D eigenvalue weighted by atomic mass is 10.5. The van der Waals surface area contributed by atoms with Crippen LogP contribution in [0.15, 0.2) is 22.4 Å². The molecule has 0 saturated carbocycles. The second-order valence-electron chi connectivity index (χ2n) is 3.82. The maximum atomic E-state index is 12.1. The third-order valence-corrected chi connectivity index (χ3v) is 5.22. The van der Waals surface area contributed by atoms with Crippen LogP contribution in [0.4, 0.5) is 5.82 Å². The van der Waals surface area contributed by atoms with Crippen LogP contribution in [0, 0.1) is 6.92 Å². The monoisotopic (exact) mass is 301 g/mol. The Hall–Kier alpha value is -1.87. The van der Waals surface area contributed by atoms with Crippen LogP contribution in [0.3, 0.4) is 0 Å². The van der Waals surface area contributed by atoms with Crippen LogP contribution < -0.4 is 4.72 Å². The molecule has 0 fully saturated rings. The first-order valence-corrected chi connectivity index (χ1v) is 7.46. The van der Waals surface area contributed by atoms with Crippen molar-refractivity contribution in [2.75, 3.05) is 4.72 Å². The zero-order valence-electron chi connectivity index (χ0n) is 10.1. The molecule has 2 aromatic rings. The molecule has 7 nitrogen and oxygen atoms in total. The van der Waals surface area contributed by atoms with Gasteiger partial charge < -0.3 is 5.11 Å². The second-order valence-corrected chi connectivity index (χ2v) is 6.82. The molecule has 0 atom stereocenters. The van der Waals surface area contributed by atoms with Gasteiger partial charge in [-0.1, -0.05) is 0 Å². The zero-order valence-corrected chi connectivity index (χ0v) is 11.7. The number of carboxylic acid groups (broad SMARTS) is 1. The van der Waals surface area contributed by atoms with Gasteiger partial charge in [0, 0.05) is 13.1 Å². The van der Waals surface area contributed by atoms with Crippen molar-refractivity contribution in [2.24, 2.45) is 7.05 Å². The first-order valence-electron chi connectivity index (χ1n) is 5.16. The SMILES string of the molecule is Cc1cc(NS(=O)(=O)c2ccc(C(=O)O)s2)n(C)n1. The van der Waals surface area contributed by atoms with Gasteiger partial charge in [-0.25, -0.2) is 13.2 Å². The molecule has 0 aliphatic rings. The predicted molar refractivity (Wildman–Crippen MR) is 70.0 cm³/mol. The minimum absolute atomic E-state index is 0.0263. The van der Waals surface area contributed by atoms with E-state index in [2.05, 4.69) is 9.82 Å². The van der Waals surface area contributed by atoms with Crippen molar-refractivity contribution in [2.45, 2.75) is 11.1 Å². The Morgan fingerprint density at radius 1 is 1.47 bits per heavy atom. The average Bonchev–Trinajstić information content (AvgIpc) is 2.86. The summed E-state index contributed by atoms with van der Waals surface area (Å²) in [6, 6.07) is 4.11. The first kappa shape index (κ1) is 13.6. The van der Waals surface area contributed by atoms with Gasteiger partial charge in [0.1, 0.15) is 14.9 Å². The summed E-state index contributed by atoms with van der Waals surface area (Å²) in [7, 11) is -2.18. The average molecular weight is 301 g/mol. The van der Waals surface area contributed by atoms with Crippen molar-refractivity contribution < 1.29 is 18.3 Å². The molecule has 2 N–H and O–H groups in total. The van der Waals surface area contributed by atoms with Crippen molar-refractivity contribution >= 4 is 33.1 Å². The van der Waals surface area contributed by atoms with Gasteiger partial charge >= 0.3 is 5.97 Å². The molecule has 2 aromatic heterocycles. The van der Waals surface area contributed by atoms with E-state index in [0.29, 0.717) is 22.8 Å². The van der Waals surface area contributed by atoms with Crippen molar-refractivity contribution in [3.05, 3.63) is 28.8 Å². The smallest absolute Gasteiger partial charge is 0.345 e. The number of aryl methyl sites for hydroxylation is 2. The van der Waals surface area contributed by atoms with Gasteiger partial charge in [-0.15, -0.1) is 11.3 Å². The molecule has 0 amide bonds. The highest BCUT2D eigenvalue weighted by molar-refractivity contribution is 7.94. The third kappa shape index (κ3) is 2.76. The second kappa shape index (κ2) is 4.67. The maximum absolute atomic E-state index is 12.1. The van der Waals surface area contributed by atoms with E-state index in [4.69, 9.17) is 5.11 Å². The lowest BCUT2D eigenvalue weighted by Crippen LogP contribution is -2.14. The lowest BCUT2D eigenvalue weighted by molar-refractivity contribution is 0.0702. The molecule has 0 bridgehead atoms. The zero-order chi connectivity index (χ0) is 14.2. The summed E-state index contributed by atoms with van der Waals surface area (Å²) in [6.07, 6.45) is 0. The largest absolute Gasteiger partial charge is 0.477 e. The van der Waals surface area contributed by atoms with Crippen molar-refractivity contribution in [3.8, 4) is 0 Å². The van der Waals surface area contributed by atoms with Crippen LogP contribution in [-0.2, 0) is 17.1 Å². The van der Waals surface area contributed by atoms with E-state index in [1.165, 1.54) is 16.8 Å². The van der Waals surface area contributed by atoms with Gasteiger partial charge in [0.25, 0.3) is 10.0 Å². The van der Waals surface area contributed by atoms with E-state index in [0.717, 1.165) is 0 Å². The minimum Gasteiger partial charge on any atom is -0.477 e.